The van der Waals surface area contributed by atoms with Gasteiger partial charge in [0.05, 0.1) is 13.0 Å². The van der Waals surface area contributed by atoms with E-state index < -0.39 is 0 Å². The van der Waals surface area contributed by atoms with E-state index in [9.17, 15) is 4.79 Å². The fourth-order valence-corrected chi connectivity index (χ4v) is 3.04. The van der Waals surface area contributed by atoms with Crippen molar-refractivity contribution >= 4 is 5.97 Å². The monoisotopic (exact) mass is 257 g/mol. The lowest BCUT2D eigenvalue weighted by Gasteiger charge is -2.43. The molecule has 3 nitrogen and oxygen atoms in total. The molecule has 0 bridgehead atoms. The van der Waals surface area contributed by atoms with Crippen molar-refractivity contribution in [3.63, 3.8) is 0 Å². The molecule has 108 valence electrons. The number of hydrogen-bond acceptors (Lipinski definition) is 3. The summed E-state index contributed by atoms with van der Waals surface area (Å²) < 4.78 is 5.16. The van der Waals surface area contributed by atoms with Gasteiger partial charge >= 0.3 is 5.97 Å². The zero-order valence-corrected chi connectivity index (χ0v) is 12.9. The lowest BCUT2D eigenvalue weighted by Crippen LogP contribution is -2.50. The van der Waals surface area contributed by atoms with Gasteiger partial charge in [0, 0.05) is 5.54 Å². The van der Waals surface area contributed by atoms with E-state index in [0.717, 1.165) is 38.8 Å². The van der Waals surface area contributed by atoms with Crippen LogP contribution >= 0.6 is 0 Å². The van der Waals surface area contributed by atoms with Gasteiger partial charge in [0.2, 0.25) is 0 Å². The van der Waals surface area contributed by atoms with Crippen LogP contribution in [-0.4, -0.2) is 36.1 Å². The molecule has 0 aliphatic rings. The van der Waals surface area contributed by atoms with E-state index >= 15 is 0 Å². The van der Waals surface area contributed by atoms with Crippen LogP contribution in [-0.2, 0) is 9.53 Å². The molecule has 0 spiro atoms. The highest BCUT2D eigenvalue weighted by Crippen LogP contribution is 2.31. The van der Waals surface area contributed by atoms with Crippen LogP contribution in [0.15, 0.2) is 0 Å². The van der Waals surface area contributed by atoms with Gasteiger partial charge in [-0.15, -0.1) is 0 Å². The normalized spacial score (nSPS) is 11.9. The maximum absolute atomic E-state index is 11.9. The molecule has 0 radical (unpaired) electrons. The summed E-state index contributed by atoms with van der Waals surface area (Å²) in [7, 11) is 0. The van der Waals surface area contributed by atoms with E-state index in [0.29, 0.717) is 13.0 Å². The third kappa shape index (κ3) is 4.97. The summed E-state index contributed by atoms with van der Waals surface area (Å²) in [6, 6.07) is 0. The van der Waals surface area contributed by atoms with Crippen LogP contribution in [0.1, 0.15) is 66.7 Å². The maximum atomic E-state index is 11.9. The number of carbonyl (C=O) groups excluding carboxylic acids is 1. The van der Waals surface area contributed by atoms with Crippen molar-refractivity contribution in [2.75, 3.05) is 19.7 Å². The highest BCUT2D eigenvalue weighted by Gasteiger charge is 2.36. The number of ether oxygens (including phenoxy) is 1. The second-order valence-corrected chi connectivity index (χ2v) is 4.88. The first-order valence-electron chi connectivity index (χ1n) is 7.50. The summed E-state index contributed by atoms with van der Waals surface area (Å²) in [5, 5.41) is 0. The van der Waals surface area contributed by atoms with Crippen molar-refractivity contribution < 1.29 is 9.53 Å². The van der Waals surface area contributed by atoms with Crippen molar-refractivity contribution in [3.05, 3.63) is 0 Å². The largest absolute Gasteiger partial charge is 0.466 e. The number of hydrogen-bond donors (Lipinski definition) is 0. The zero-order chi connectivity index (χ0) is 14.0. The average molecular weight is 257 g/mol. The SMILES string of the molecule is CCCC(CCC)(CC(=O)OCC)N(CC)CC. The minimum absolute atomic E-state index is 0.000741. The number of nitrogens with zero attached hydrogens (tertiary/aromatic N) is 1. The Kier molecular flexibility index (Phi) is 9.08. The Labute approximate surface area is 113 Å². The first-order chi connectivity index (χ1) is 8.60. The average Bonchev–Trinajstić information content (AvgIpc) is 2.31. The molecule has 0 heterocycles. The lowest BCUT2D eigenvalue weighted by molar-refractivity contribution is -0.147. The van der Waals surface area contributed by atoms with E-state index in [1.165, 1.54) is 0 Å². The molecule has 0 atom stereocenters. The van der Waals surface area contributed by atoms with E-state index in [4.69, 9.17) is 4.74 Å². The second kappa shape index (κ2) is 9.37. The molecular formula is C15H31NO2. The highest BCUT2D eigenvalue weighted by molar-refractivity contribution is 5.70. The van der Waals surface area contributed by atoms with E-state index in [-0.39, 0.29) is 11.5 Å². The molecule has 3 heteroatoms. The number of esters is 1. The van der Waals surface area contributed by atoms with Crippen LogP contribution in [0.5, 0.6) is 0 Å². The van der Waals surface area contributed by atoms with Gasteiger partial charge in [0.15, 0.2) is 0 Å². The van der Waals surface area contributed by atoms with E-state index in [1.807, 2.05) is 6.92 Å². The number of carbonyl (C=O) groups is 1. The molecule has 0 aliphatic heterocycles. The lowest BCUT2D eigenvalue weighted by atomic mass is 9.83. The van der Waals surface area contributed by atoms with Gasteiger partial charge < -0.3 is 4.74 Å². The fraction of sp³-hybridized carbons (Fsp3) is 0.933. The molecule has 0 fully saturated rings. The molecule has 0 unspecified atom stereocenters. The summed E-state index contributed by atoms with van der Waals surface area (Å²) in [6.07, 6.45) is 4.89. The summed E-state index contributed by atoms with van der Waals surface area (Å²) in [6.45, 7) is 13.1. The van der Waals surface area contributed by atoms with Crippen molar-refractivity contribution in [2.24, 2.45) is 0 Å². The van der Waals surface area contributed by atoms with Gasteiger partial charge in [-0.05, 0) is 32.9 Å². The molecule has 0 saturated carbocycles. The Bertz CT molecular complexity index is 219. The van der Waals surface area contributed by atoms with Crippen LogP contribution in [0.4, 0.5) is 0 Å². The summed E-state index contributed by atoms with van der Waals surface area (Å²) in [4.78, 5) is 14.3. The van der Waals surface area contributed by atoms with Crippen molar-refractivity contribution in [1.29, 1.82) is 0 Å². The van der Waals surface area contributed by atoms with Crippen LogP contribution < -0.4 is 0 Å². The Morgan fingerprint density at radius 2 is 1.50 bits per heavy atom. The molecule has 0 aliphatic carbocycles. The topological polar surface area (TPSA) is 29.5 Å². The van der Waals surface area contributed by atoms with Gasteiger partial charge in [-0.1, -0.05) is 40.5 Å². The van der Waals surface area contributed by atoms with E-state index in [1.54, 1.807) is 0 Å². The van der Waals surface area contributed by atoms with Gasteiger partial charge in [-0.3, -0.25) is 9.69 Å². The minimum Gasteiger partial charge on any atom is -0.466 e. The quantitative estimate of drug-likeness (QED) is 0.560. The molecule has 0 amide bonds. The molecule has 0 aromatic carbocycles. The number of rotatable bonds is 10. The third-order valence-electron chi connectivity index (χ3n) is 3.64. The predicted molar refractivity (Wildman–Crippen MR) is 76.7 cm³/mol. The molecule has 18 heavy (non-hydrogen) atoms. The van der Waals surface area contributed by atoms with Gasteiger partial charge in [-0.2, -0.15) is 0 Å². The van der Waals surface area contributed by atoms with Crippen molar-refractivity contribution in [1.82, 2.24) is 4.90 Å². The van der Waals surface area contributed by atoms with Crippen LogP contribution in [0.3, 0.4) is 0 Å². The van der Waals surface area contributed by atoms with E-state index in [2.05, 4.69) is 32.6 Å². The maximum Gasteiger partial charge on any atom is 0.307 e. The van der Waals surface area contributed by atoms with Gasteiger partial charge in [0.1, 0.15) is 0 Å². The van der Waals surface area contributed by atoms with Crippen LogP contribution in [0, 0.1) is 0 Å². The fourth-order valence-electron chi connectivity index (χ4n) is 3.04. The summed E-state index contributed by atoms with van der Waals surface area (Å²) in [5.41, 5.74) is -0.000741. The molecule has 0 aromatic heterocycles. The van der Waals surface area contributed by atoms with Crippen molar-refractivity contribution in [2.45, 2.75) is 72.3 Å². The Hall–Kier alpha value is -0.570. The smallest absolute Gasteiger partial charge is 0.307 e. The molecule has 0 saturated heterocycles. The predicted octanol–water partition coefficient (Wildman–Crippen LogP) is 3.62. The standard InChI is InChI=1S/C15H31NO2/c1-6-11-15(12-7-2,16(8-3)9-4)13-14(17)18-10-5/h6-13H2,1-5H3. The molecule has 0 N–H and O–H groups in total. The Morgan fingerprint density at radius 1 is 1.00 bits per heavy atom. The van der Waals surface area contributed by atoms with Crippen molar-refractivity contribution in [3.8, 4) is 0 Å². The van der Waals surface area contributed by atoms with Crippen LogP contribution in [0.25, 0.3) is 0 Å². The third-order valence-corrected chi connectivity index (χ3v) is 3.64. The Morgan fingerprint density at radius 3 is 1.83 bits per heavy atom. The molecule has 0 aromatic rings. The second-order valence-electron chi connectivity index (χ2n) is 4.88. The zero-order valence-electron chi connectivity index (χ0n) is 12.9. The summed E-state index contributed by atoms with van der Waals surface area (Å²) in [5.74, 6) is -0.0497. The van der Waals surface area contributed by atoms with Gasteiger partial charge in [0.25, 0.3) is 0 Å². The van der Waals surface area contributed by atoms with Crippen LogP contribution in [0.2, 0.25) is 0 Å². The minimum atomic E-state index is -0.0497. The Balaban J connectivity index is 4.99. The summed E-state index contributed by atoms with van der Waals surface area (Å²) >= 11 is 0. The molecular weight excluding hydrogens is 226 g/mol. The molecule has 0 rings (SSSR count). The highest BCUT2D eigenvalue weighted by atomic mass is 16.5. The first-order valence-corrected chi connectivity index (χ1v) is 7.50. The first kappa shape index (κ1) is 17.4. The van der Waals surface area contributed by atoms with Gasteiger partial charge in [-0.25, -0.2) is 0 Å².